The number of aromatic amines is 1. The first-order valence-corrected chi connectivity index (χ1v) is 10.2. The monoisotopic (exact) mass is 435 g/mol. The number of para-hydroxylation sites is 1. The molecule has 0 saturated carbocycles. The van der Waals surface area contributed by atoms with E-state index >= 15 is 0 Å². The van der Waals surface area contributed by atoms with E-state index < -0.39 is 23.0 Å². The van der Waals surface area contributed by atoms with Crippen LogP contribution in [0.5, 0.6) is 0 Å². The van der Waals surface area contributed by atoms with Gasteiger partial charge in [0, 0.05) is 35.2 Å². The Morgan fingerprint density at radius 2 is 1.75 bits per heavy atom. The Kier molecular flexibility index (Phi) is 5.07. The molecule has 1 aliphatic heterocycles. The average molecular weight is 435 g/mol. The molecule has 6 nitrogen and oxygen atoms in total. The summed E-state index contributed by atoms with van der Waals surface area (Å²) < 4.78 is 34.0. The Labute approximate surface area is 181 Å². The molecule has 3 aromatic carbocycles. The lowest BCUT2D eigenvalue weighted by atomic mass is 10.0. The average Bonchev–Trinajstić information content (AvgIpc) is 2.81. The van der Waals surface area contributed by atoms with Gasteiger partial charge < -0.3 is 19.9 Å². The minimum Gasteiger partial charge on any atom is -0.378 e. The van der Waals surface area contributed by atoms with Gasteiger partial charge in [-0.25, -0.2) is 8.78 Å². The van der Waals surface area contributed by atoms with Crippen LogP contribution in [-0.4, -0.2) is 37.2 Å². The number of carbonyl (C=O) groups is 1. The number of anilines is 2. The molecule has 1 amide bonds. The standard InChI is InChI=1S/C24H19F2N3O3/c25-14-11-18-21(28-22-17(23(18)30)5-2-6-20(22)26)19(12-14)24(31)27-15-3-1-4-16(13-15)29-7-9-32-10-8-29/h1-6,11-13H,7-10H2,(H,27,31)(H,28,30). The van der Waals surface area contributed by atoms with Crippen molar-refractivity contribution in [1.29, 1.82) is 0 Å². The van der Waals surface area contributed by atoms with Crippen LogP contribution in [0.3, 0.4) is 0 Å². The summed E-state index contributed by atoms with van der Waals surface area (Å²) in [6.07, 6.45) is 0. The second-order valence-corrected chi connectivity index (χ2v) is 7.60. The molecule has 0 radical (unpaired) electrons. The van der Waals surface area contributed by atoms with E-state index in [0.29, 0.717) is 18.9 Å². The SMILES string of the molecule is O=C(Nc1cccc(N2CCOCC2)c1)c1cc(F)cc2c(=O)c3cccc(F)c3[nH]c12. The van der Waals surface area contributed by atoms with E-state index in [1.165, 1.54) is 18.2 Å². The lowest BCUT2D eigenvalue weighted by Gasteiger charge is -2.29. The van der Waals surface area contributed by atoms with E-state index in [0.717, 1.165) is 30.9 Å². The van der Waals surface area contributed by atoms with Crippen molar-refractivity contribution in [3.05, 3.63) is 82.0 Å². The van der Waals surface area contributed by atoms with E-state index in [1.807, 2.05) is 18.2 Å². The molecule has 5 rings (SSSR count). The highest BCUT2D eigenvalue weighted by atomic mass is 19.1. The Morgan fingerprint density at radius 3 is 2.56 bits per heavy atom. The van der Waals surface area contributed by atoms with Crippen LogP contribution in [0.1, 0.15) is 10.4 Å². The van der Waals surface area contributed by atoms with Crippen molar-refractivity contribution in [3.8, 4) is 0 Å². The maximum atomic E-state index is 14.3. The van der Waals surface area contributed by atoms with Crippen LogP contribution in [0.2, 0.25) is 0 Å². The molecule has 4 aromatic rings. The van der Waals surface area contributed by atoms with E-state index in [9.17, 15) is 18.4 Å². The molecule has 0 aliphatic carbocycles. The molecule has 2 N–H and O–H groups in total. The van der Waals surface area contributed by atoms with E-state index in [2.05, 4.69) is 15.2 Å². The Bertz CT molecular complexity index is 1410. The van der Waals surface area contributed by atoms with Gasteiger partial charge in [-0.3, -0.25) is 9.59 Å². The first-order valence-electron chi connectivity index (χ1n) is 10.2. The highest BCUT2D eigenvalue weighted by Crippen LogP contribution is 2.24. The molecule has 2 heterocycles. The summed E-state index contributed by atoms with van der Waals surface area (Å²) in [5.74, 6) is -1.97. The van der Waals surface area contributed by atoms with Crippen LogP contribution in [0, 0.1) is 11.6 Å². The number of fused-ring (bicyclic) bond motifs is 2. The first-order chi connectivity index (χ1) is 15.5. The maximum absolute atomic E-state index is 14.3. The third-order valence-electron chi connectivity index (χ3n) is 5.58. The van der Waals surface area contributed by atoms with Crippen LogP contribution >= 0.6 is 0 Å². The number of hydrogen-bond donors (Lipinski definition) is 2. The minimum absolute atomic E-state index is 0.0182. The predicted octanol–water partition coefficient (Wildman–Crippen LogP) is 4.05. The molecule has 0 atom stereocenters. The third kappa shape index (κ3) is 3.58. The van der Waals surface area contributed by atoms with Crippen LogP contribution in [-0.2, 0) is 4.74 Å². The molecule has 1 saturated heterocycles. The Morgan fingerprint density at radius 1 is 0.969 bits per heavy atom. The fraction of sp³-hybridized carbons (Fsp3) is 0.167. The van der Waals surface area contributed by atoms with Crippen molar-refractivity contribution < 1.29 is 18.3 Å². The number of H-pyrrole nitrogens is 1. The summed E-state index contributed by atoms with van der Waals surface area (Å²) in [5, 5.41) is 2.83. The van der Waals surface area contributed by atoms with E-state index in [1.54, 1.807) is 6.07 Å². The largest absolute Gasteiger partial charge is 0.378 e. The summed E-state index contributed by atoms with van der Waals surface area (Å²) >= 11 is 0. The number of carbonyl (C=O) groups excluding carboxylic acids is 1. The molecule has 32 heavy (non-hydrogen) atoms. The number of benzene rings is 3. The maximum Gasteiger partial charge on any atom is 0.257 e. The van der Waals surface area contributed by atoms with Crippen LogP contribution in [0.25, 0.3) is 21.8 Å². The summed E-state index contributed by atoms with van der Waals surface area (Å²) in [4.78, 5) is 30.9. The normalized spacial score (nSPS) is 14.1. The topological polar surface area (TPSA) is 74.4 Å². The number of pyridine rings is 1. The highest BCUT2D eigenvalue weighted by molar-refractivity contribution is 6.13. The van der Waals surface area contributed by atoms with Gasteiger partial charge in [0.1, 0.15) is 11.6 Å². The first kappa shape index (κ1) is 20.1. The zero-order valence-electron chi connectivity index (χ0n) is 17.0. The summed E-state index contributed by atoms with van der Waals surface area (Å²) in [5.41, 5.74) is 0.869. The highest BCUT2D eigenvalue weighted by Gasteiger charge is 2.18. The quantitative estimate of drug-likeness (QED) is 0.476. The van der Waals surface area contributed by atoms with Crippen LogP contribution in [0.15, 0.2) is 59.4 Å². The molecule has 1 fully saturated rings. The van der Waals surface area contributed by atoms with Crippen molar-refractivity contribution in [2.45, 2.75) is 0 Å². The molecule has 1 aromatic heterocycles. The lowest BCUT2D eigenvalue weighted by Crippen LogP contribution is -2.36. The smallest absolute Gasteiger partial charge is 0.257 e. The fourth-order valence-corrected chi connectivity index (χ4v) is 4.01. The molecule has 0 spiro atoms. The fourth-order valence-electron chi connectivity index (χ4n) is 4.01. The predicted molar refractivity (Wildman–Crippen MR) is 119 cm³/mol. The van der Waals surface area contributed by atoms with Crippen molar-refractivity contribution in [2.75, 3.05) is 36.5 Å². The van der Waals surface area contributed by atoms with Gasteiger partial charge in [-0.15, -0.1) is 0 Å². The van der Waals surface area contributed by atoms with Crippen molar-refractivity contribution in [3.63, 3.8) is 0 Å². The van der Waals surface area contributed by atoms with Crippen molar-refractivity contribution >= 4 is 39.1 Å². The number of nitrogens with one attached hydrogen (secondary N) is 2. The number of nitrogens with zero attached hydrogens (tertiary/aromatic N) is 1. The molecule has 162 valence electrons. The zero-order chi connectivity index (χ0) is 22.2. The minimum atomic E-state index is -0.731. The lowest BCUT2D eigenvalue weighted by molar-refractivity contribution is 0.102. The number of halogens is 2. The van der Waals surface area contributed by atoms with E-state index in [4.69, 9.17) is 4.74 Å². The summed E-state index contributed by atoms with van der Waals surface area (Å²) in [7, 11) is 0. The Hall–Kier alpha value is -3.78. The zero-order valence-corrected chi connectivity index (χ0v) is 17.0. The van der Waals surface area contributed by atoms with Gasteiger partial charge in [-0.05, 0) is 42.5 Å². The van der Waals surface area contributed by atoms with E-state index in [-0.39, 0.29) is 27.4 Å². The van der Waals surface area contributed by atoms with Crippen LogP contribution in [0.4, 0.5) is 20.2 Å². The molecular weight excluding hydrogens is 416 g/mol. The number of rotatable bonds is 3. The summed E-state index contributed by atoms with van der Waals surface area (Å²) in [6.45, 7) is 2.74. The third-order valence-corrected chi connectivity index (χ3v) is 5.58. The molecule has 0 bridgehead atoms. The molecule has 8 heteroatoms. The second-order valence-electron chi connectivity index (χ2n) is 7.60. The van der Waals surface area contributed by atoms with Gasteiger partial charge in [0.25, 0.3) is 5.91 Å². The van der Waals surface area contributed by atoms with Crippen molar-refractivity contribution in [1.82, 2.24) is 4.98 Å². The second kappa shape index (κ2) is 8.05. The van der Waals surface area contributed by atoms with Crippen molar-refractivity contribution in [2.24, 2.45) is 0 Å². The Balaban J connectivity index is 1.56. The van der Waals surface area contributed by atoms with Gasteiger partial charge in [-0.1, -0.05) is 12.1 Å². The molecule has 0 unspecified atom stereocenters. The van der Waals surface area contributed by atoms with Gasteiger partial charge >= 0.3 is 0 Å². The number of morpholine rings is 1. The number of amides is 1. The van der Waals surface area contributed by atoms with Crippen LogP contribution < -0.4 is 15.6 Å². The number of hydrogen-bond acceptors (Lipinski definition) is 4. The van der Waals surface area contributed by atoms with Gasteiger partial charge in [0.2, 0.25) is 0 Å². The van der Waals surface area contributed by atoms with Gasteiger partial charge in [0.15, 0.2) is 5.43 Å². The molecular formula is C24H19F2N3O3. The number of aromatic nitrogens is 1. The molecule has 1 aliphatic rings. The van der Waals surface area contributed by atoms with Gasteiger partial charge in [-0.2, -0.15) is 0 Å². The van der Waals surface area contributed by atoms with Gasteiger partial charge in [0.05, 0.1) is 29.8 Å². The number of ether oxygens (including phenoxy) is 1. The summed E-state index contributed by atoms with van der Waals surface area (Å²) in [6, 6.07) is 13.5.